The quantitative estimate of drug-likeness (QED) is 0.370. The van der Waals surface area contributed by atoms with Gasteiger partial charge < -0.3 is 14.4 Å². The van der Waals surface area contributed by atoms with Crippen LogP contribution in [-0.2, 0) is 13.2 Å². The molecule has 1 aromatic carbocycles. The molecular weight excluding hydrogens is 436 g/mol. The Morgan fingerprint density at radius 1 is 1.18 bits per heavy atom. The summed E-state index contributed by atoms with van der Waals surface area (Å²) in [5, 5.41) is 6.50. The first-order valence-electron chi connectivity index (χ1n) is 11.1. The smallest absolute Gasteiger partial charge is 0.275 e. The highest BCUT2D eigenvalue weighted by atomic mass is 32.1. The zero-order valence-corrected chi connectivity index (χ0v) is 19.3. The second kappa shape index (κ2) is 9.62. The maximum absolute atomic E-state index is 13.6. The van der Waals surface area contributed by atoms with E-state index in [9.17, 15) is 4.79 Å². The van der Waals surface area contributed by atoms with Gasteiger partial charge in [0.2, 0.25) is 0 Å². The highest BCUT2D eigenvalue weighted by Gasteiger charge is 2.29. The van der Waals surface area contributed by atoms with Crippen LogP contribution in [0, 0.1) is 0 Å². The van der Waals surface area contributed by atoms with Crippen molar-refractivity contribution in [3.8, 4) is 11.5 Å². The van der Waals surface area contributed by atoms with Crippen molar-refractivity contribution in [2.75, 3.05) is 7.11 Å². The van der Waals surface area contributed by atoms with Gasteiger partial charge in [0.25, 0.3) is 5.91 Å². The lowest BCUT2D eigenvalue weighted by Crippen LogP contribution is -2.38. The van der Waals surface area contributed by atoms with Crippen LogP contribution in [0.15, 0.2) is 60.2 Å². The Bertz CT molecular complexity index is 1200. The Kier molecular flexibility index (Phi) is 6.26. The molecule has 0 aliphatic heterocycles. The molecule has 0 radical (unpaired) electrons. The number of aromatic nitrogens is 3. The first-order chi connectivity index (χ1) is 16.2. The monoisotopic (exact) mass is 462 g/mol. The van der Waals surface area contributed by atoms with Gasteiger partial charge in [-0.1, -0.05) is 25.0 Å². The van der Waals surface area contributed by atoms with E-state index in [0.717, 1.165) is 36.1 Å². The van der Waals surface area contributed by atoms with Gasteiger partial charge in [-0.15, -0.1) is 11.3 Å². The molecule has 170 valence electrons. The Balaban J connectivity index is 1.40. The summed E-state index contributed by atoms with van der Waals surface area (Å²) in [7, 11) is 1.64. The van der Waals surface area contributed by atoms with Crippen molar-refractivity contribution >= 4 is 22.9 Å². The van der Waals surface area contributed by atoms with Crippen molar-refractivity contribution < 1.29 is 14.3 Å². The van der Waals surface area contributed by atoms with E-state index < -0.39 is 0 Å². The molecule has 8 heteroatoms. The van der Waals surface area contributed by atoms with Crippen LogP contribution in [0.25, 0.3) is 5.65 Å². The standard InChI is InChI=1S/C25H26N4O3S/c1-31-22-10-9-18(14-23(22)32-17-20-8-4-13-33-20)16-28(19-6-2-3-7-19)25(30)21-15-24-26-11-5-12-29(24)27-21/h4-5,8-15,19H,2-3,6-7,16-17H2,1H3. The minimum atomic E-state index is -0.0655. The van der Waals surface area contributed by atoms with Crippen LogP contribution in [0.5, 0.6) is 11.5 Å². The summed E-state index contributed by atoms with van der Waals surface area (Å²) < 4.78 is 13.2. The number of nitrogens with zero attached hydrogens (tertiary/aromatic N) is 4. The third-order valence-corrected chi connectivity index (χ3v) is 6.86. The first-order valence-corrected chi connectivity index (χ1v) is 12.0. The predicted molar refractivity (Wildman–Crippen MR) is 127 cm³/mol. The van der Waals surface area contributed by atoms with Gasteiger partial charge in [-0.25, -0.2) is 9.50 Å². The summed E-state index contributed by atoms with van der Waals surface area (Å²) in [6.45, 7) is 0.973. The largest absolute Gasteiger partial charge is 0.493 e. The van der Waals surface area contributed by atoms with E-state index in [1.54, 1.807) is 47.5 Å². The summed E-state index contributed by atoms with van der Waals surface area (Å²) in [5.41, 5.74) is 2.09. The lowest BCUT2D eigenvalue weighted by atomic mass is 10.1. The zero-order chi connectivity index (χ0) is 22.6. The number of hydrogen-bond donors (Lipinski definition) is 0. The number of fused-ring (bicyclic) bond motifs is 1. The van der Waals surface area contributed by atoms with Gasteiger partial charge in [0.15, 0.2) is 22.8 Å². The molecule has 1 fully saturated rings. The number of carbonyl (C=O) groups excluding carboxylic acids is 1. The molecule has 0 bridgehead atoms. The molecule has 0 spiro atoms. The number of hydrogen-bond acceptors (Lipinski definition) is 6. The maximum Gasteiger partial charge on any atom is 0.275 e. The third kappa shape index (κ3) is 4.71. The number of ether oxygens (including phenoxy) is 2. The van der Waals surface area contributed by atoms with Crippen LogP contribution in [0.1, 0.15) is 46.6 Å². The van der Waals surface area contributed by atoms with Gasteiger partial charge in [0, 0.05) is 35.9 Å². The Hall–Kier alpha value is -3.39. The molecule has 0 atom stereocenters. The van der Waals surface area contributed by atoms with Crippen LogP contribution in [0.3, 0.4) is 0 Å². The molecule has 0 unspecified atom stereocenters. The van der Waals surface area contributed by atoms with E-state index in [1.807, 2.05) is 40.6 Å². The second-order valence-corrected chi connectivity index (χ2v) is 9.21. The Morgan fingerprint density at radius 3 is 2.82 bits per heavy atom. The average molecular weight is 463 g/mol. The number of thiophene rings is 1. The van der Waals surface area contributed by atoms with Gasteiger partial charge in [0.05, 0.1) is 7.11 Å². The molecule has 7 nitrogen and oxygen atoms in total. The predicted octanol–water partition coefficient (Wildman–Crippen LogP) is 4.96. The molecule has 1 saturated carbocycles. The molecule has 5 rings (SSSR count). The summed E-state index contributed by atoms with van der Waals surface area (Å²) in [5.74, 6) is 1.30. The van der Waals surface area contributed by atoms with E-state index >= 15 is 0 Å². The first kappa shape index (κ1) is 21.5. The number of methoxy groups -OCH3 is 1. The van der Waals surface area contributed by atoms with Gasteiger partial charge in [-0.3, -0.25) is 4.79 Å². The number of rotatable bonds is 8. The molecule has 1 aliphatic carbocycles. The molecule has 1 amide bonds. The summed E-state index contributed by atoms with van der Waals surface area (Å²) in [6.07, 6.45) is 7.80. The van der Waals surface area contributed by atoms with E-state index in [4.69, 9.17) is 9.47 Å². The van der Waals surface area contributed by atoms with Crippen molar-refractivity contribution in [1.82, 2.24) is 19.5 Å². The van der Waals surface area contributed by atoms with Crippen LogP contribution in [0.4, 0.5) is 0 Å². The fourth-order valence-corrected chi connectivity index (χ4v) is 4.95. The van der Waals surface area contributed by atoms with E-state index in [-0.39, 0.29) is 11.9 Å². The third-order valence-electron chi connectivity index (χ3n) is 6.01. The van der Waals surface area contributed by atoms with Crippen molar-refractivity contribution in [2.24, 2.45) is 0 Å². The molecule has 0 N–H and O–H groups in total. The fourth-order valence-electron chi connectivity index (χ4n) is 4.34. The summed E-state index contributed by atoms with van der Waals surface area (Å²) in [6, 6.07) is 13.7. The van der Waals surface area contributed by atoms with Crippen molar-refractivity contribution in [1.29, 1.82) is 0 Å². The molecule has 4 aromatic rings. The SMILES string of the molecule is COc1ccc(CN(C(=O)c2cc3ncccn3n2)C2CCCC2)cc1OCc1cccs1. The number of carbonyl (C=O) groups is 1. The highest BCUT2D eigenvalue weighted by Crippen LogP contribution is 2.32. The van der Waals surface area contributed by atoms with Gasteiger partial charge >= 0.3 is 0 Å². The van der Waals surface area contributed by atoms with Crippen LogP contribution in [-0.4, -0.2) is 38.6 Å². The number of benzene rings is 1. The molecule has 1 aliphatic rings. The van der Waals surface area contributed by atoms with Gasteiger partial charge in [-0.05, 0) is 48.1 Å². The molecule has 0 saturated heterocycles. The Labute approximate surface area is 196 Å². The van der Waals surface area contributed by atoms with E-state index in [2.05, 4.69) is 10.1 Å². The normalized spacial score (nSPS) is 14.0. The molecular formula is C25H26N4O3S. The molecule has 33 heavy (non-hydrogen) atoms. The van der Waals surface area contributed by atoms with Crippen LogP contribution < -0.4 is 9.47 Å². The molecule has 3 heterocycles. The topological polar surface area (TPSA) is 69.0 Å². The van der Waals surface area contributed by atoms with Crippen molar-refractivity contribution in [3.63, 3.8) is 0 Å². The summed E-state index contributed by atoms with van der Waals surface area (Å²) in [4.78, 5) is 21.0. The minimum Gasteiger partial charge on any atom is -0.493 e. The Morgan fingerprint density at radius 2 is 2.06 bits per heavy atom. The molecule has 3 aromatic heterocycles. The van der Waals surface area contributed by atoms with Crippen molar-refractivity contribution in [3.05, 3.63) is 76.4 Å². The van der Waals surface area contributed by atoms with Gasteiger partial charge in [0.1, 0.15) is 6.61 Å². The average Bonchev–Trinajstić information content (AvgIpc) is 3.62. The lowest BCUT2D eigenvalue weighted by molar-refractivity contribution is 0.0657. The minimum absolute atomic E-state index is 0.0655. The lowest BCUT2D eigenvalue weighted by Gasteiger charge is -2.28. The van der Waals surface area contributed by atoms with E-state index in [0.29, 0.717) is 36.0 Å². The highest BCUT2D eigenvalue weighted by molar-refractivity contribution is 7.09. The fraction of sp³-hybridized carbons (Fsp3) is 0.320. The van der Waals surface area contributed by atoms with Crippen molar-refractivity contribution in [2.45, 2.75) is 44.9 Å². The van der Waals surface area contributed by atoms with E-state index in [1.165, 1.54) is 0 Å². The van der Waals surface area contributed by atoms with Crippen LogP contribution in [0.2, 0.25) is 0 Å². The zero-order valence-electron chi connectivity index (χ0n) is 18.5. The summed E-state index contributed by atoms with van der Waals surface area (Å²) >= 11 is 1.66. The van der Waals surface area contributed by atoms with Crippen LogP contribution >= 0.6 is 11.3 Å². The number of amides is 1. The second-order valence-electron chi connectivity index (χ2n) is 8.18. The maximum atomic E-state index is 13.6. The van der Waals surface area contributed by atoms with Gasteiger partial charge in [-0.2, -0.15) is 5.10 Å².